The highest BCUT2D eigenvalue weighted by molar-refractivity contribution is 7.78. The lowest BCUT2D eigenvalue weighted by molar-refractivity contribution is -0.138. The third-order valence-corrected chi connectivity index (χ3v) is 8.86. The monoisotopic (exact) mass is 616 g/mol. The average molecular weight is 617 g/mol. The fraction of sp³-hybridized carbons (Fsp3) is 0.677. The van der Waals surface area contributed by atoms with Gasteiger partial charge in [-0.3, -0.25) is 24.1 Å². The number of pyridine rings is 1. The molecule has 1 aliphatic heterocycles. The summed E-state index contributed by atoms with van der Waals surface area (Å²) in [5.74, 6) is -1.07. The largest absolute Gasteiger partial charge is 0.363 e. The van der Waals surface area contributed by atoms with Gasteiger partial charge in [-0.25, -0.2) is 4.79 Å². The van der Waals surface area contributed by atoms with Crippen LogP contribution in [0.5, 0.6) is 0 Å². The van der Waals surface area contributed by atoms with Crippen LogP contribution >= 0.6 is 12.8 Å². The maximum absolute atomic E-state index is 13.3. The molecule has 4 rings (SSSR count). The van der Waals surface area contributed by atoms with Gasteiger partial charge in [-0.2, -0.15) is 0 Å². The molecule has 12 heteroatoms. The fourth-order valence-corrected chi connectivity index (χ4v) is 6.15. The number of hydrogen-bond donors (Lipinski definition) is 5. The zero-order chi connectivity index (χ0) is 31.6. The molecule has 3 unspecified atom stereocenters. The number of aldehydes is 1. The number of Topliss-reactive ketones (excluding diaryl/α,β-unsaturated/α-hetero) is 1. The number of nitrogens with two attached hydrogens (primary N) is 1. The van der Waals surface area contributed by atoms with Crippen LogP contribution in [-0.2, 0) is 25.6 Å². The van der Waals surface area contributed by atoms with Crippen LogP contribution in [0.3, 0.4) is 0 Å². The predicted octanol–water partition coefficient (Wildman–Crippen LogP) is 2.87. The second-order valence-corrected chi connectivity index (χ2v) is 13.5. The van der Waals surface area contributed by atoms with Crippen LogP contribution in [-0.4, -0.2) is 70.0 Å². The van der Waals surface area contributed by atoms with E-state index >= 15 is 0 Å². The van der Waals surface area contributed by atoms with Gasteiger partial charge in [-0.1, -0.05) is 71.8 Å². The number of amides is 4. The van der Waals surface area contributed by atoms with Crippen molar-refractivity contribution in [2.24, 2.45) is 17.1 Å². The Morgan fingerprint density at radius 2 is 1.81 bits per heavy atom. The highest BCUT2D eigenvalue weighted by Gasteiger charge is 2.41. The number of carbonyl (C=O) groups is 5. The quantitative estimate of drug-likeness (QED) is 0.145. The van der Waals surface area contributed by atoms with Crippen molar-refractivity contribution in [2.45, 2.75) is 115 Å². The number of primary amides is 1. The van der Waals surface area contributed by atoms with Gasteiger partial charge in [0.2, 0.25) is 11.7 Å². The van der Waals surface area contributed by atoms with Gasteiger partial charge in [-0.05, 0) is 55.6 Å². The molecule has 1 aromatic rings. The lowest BCUT2D eigenvalue weighted by Gasteiger charge is -2.40. The second kappa shape index (κ2) is 15.7. The van der Waals surface area contributed by atoms with Crippen LogP contribution in [0.2, 0.25) is 0 Å². The van der Waals surface area contributed by atoms with Gasteiger partial charge in [0, 0.05) is 30.4 Å². The van der Waals surface area contributed by atoms with Crippen LogP contribution < -0.4 is 21.1 Å². The Morgan fingerprint density at radius 3 is 2.35 bits per heavy atom. The third-order valence-electron chi connectivity index (χ3n) is 8.54. The van der Waals surface area contributed by atoms with Crippen LogP contribution in [0.4, 0.5) is 4.79 Å². The fourth-order valence-electron chi connectivity index (χ4n) is 5.93. The summed E-state index contributed by atoms with van der Waals surface area (Å²) in [4.78, 5) is 65.4. The Hall–Kier alpha value is -2.99. The van der Waals surface area contributed by atoms with Gasteiger partial charge >= 0.3 is 6.03 Å². The first-order valence-electron chi connectivity index (χ1n) is 15.4. The summed E-state index contributed by atoms with van der Waals surface area (Å²) in [6.07, 6.45) is 12.8. The molecular weight excluding hydrogens is 568 g/mol. The number of carbonyl (C=O) groups excluding carboxylic acids is 5. The number of urea groups is 1. The first-order valence-corrected chi connectivity index (χ1v) is 15.8. The molecule has 11 nitrogen and oxygen atoms in total. The molecular formula is C31H48N6O5S. The van der Waals surface area contributed by atoms with Crippen LogP contribution in [0.1, 0.15) is 90.7 Å². The van der Waals surface area contributed by atoms with E-state index in [-0.39, 0.29) is 17.5 Å². The molecule has 2 aliphatic carbocycles. The number of likely N-dealkylation sites (tertiary alicyclic amines) is 1. The molecule has 2 heterocycles. The van der Waals surface area contributed by atoms with Gasteiger partial charge in [0.15, 0.2) is 0 Å². The van der Waals surface area contributed by atoms with E-state index in [0.717, 1.165) is 56.9 Å². The van der Waals surface area contributed by atoms with E-state index in [4.69, 9.17) is 5.73 Å². The molecule has 0 bridgehead atoms. The molecule has 1 aromatic heterocycles. The standard InChI is InChI=1S/C24H36N4O3.C7H12N2O2S/c1-23(2,3)20(21(30)28-15-9-11-19(28)17-29)26-22(31)27-24(12-6-4-7-13-24)16-18-10-5-8-14-25-18;8-7(11)6(10)5(9-12)3-4-1-2-4/h5,8,10,14,17,19-20H,4,6-7,9,11-13,15-16H2,1-3H3,(H2,26,27,31);4-5,9,12H,1-3H2,(H2,8,11). The minimum absolute atomic E-state index is 0.181. The van der Waals surface area contributed by atoms with E-state index in [1.807, 2.05) is 39.0 Å². The zero-order valence-corrected chi connectivity index (χ0v) is 26.5. The maximum atomic E-state index is 13.3. The number of aromatic nitrogens is 1. The molecule has 0 aromatic carbocycles. The molecule has 4 amide bonds. The number of thiol groups is 1. The third kappa shape index (κ3) is 10.3. The second-order valence-electron chi connectivity index (χ2n) is 13.2. The molecule has 3 fully saturated rings. The molecule has 0 radical (unpaired) electrons. The number of nitrogens with one attached hydrogen (secondary N) is 3. The molecule has 5 N–H and O–H groups in total. The Kier molecular flexibility index (Phi) is 12.6. The van der Waals surface area contributed by atoms with Crippen molar-refractivity contribution >= 4 is 42.7 Å². The molecule has 3 atom stereocenters. The molecule has 2 saturated carbocycles. The number of nitrogens with zero attached hydrogens (tertiary/aromatic N) is 2. The summed E-state index contributed by atoms with van der Waals surface area (Å²) in [6.45, 7) is 6.37. The van der Waals surface area contributed by atoms with Crippen molar-refractivity contribution in [1.29, 1.82) is 0 Å². The smallest absolute Gasteiger partial charge is 0.315 e. The average Bonchev–Trinajstić information content (AvgIpc) is 3.67. The van der Waals surface area contributed by atoms with Crippen molar-refractivity contribution in [1.82, 2.24) is 25.2 Å². The summed E-state index contributed by atoms with van der Waals surface area (Å²) in [6, 6.07) is 3.92. The highest BCUT2D eigenvalue weighted by Crippen LogP contribution is 2.34. The Morgan fingerprint density at radius 1 is 1.12 bits per heavy atom. The van der Waals surface area contributed by atoms with E-state index in [1.165, 1.54) is 6.42 Å². The van der Waals surface area contributed by atoms with Gasteiger partial charge in [0.05, 0.1) is 12.1 Å². The molecule has 3 aliphatic rings. The zero-order valence-electron chi connectivity index (χ0n) is 25.6. The summed E-state index contributed by atoms with van der Waals surface area (Å²) < 4.78 is 2.50. The van der Waals surface area contributed by atoms with E-state index in [2.05, 4.69) is 33.2 Å². The van der Waals surface area contributed by atoms with Crippen molar-refractivity contribution in [3.8, 4) is 0 Å². The molecule has 43 heavy (non-hydrogen) atoms. The van der Waals surface area contributed by atoms with Crippen molar-refractivity contribution in [2.75, 3.05) is 6.54 Å². The Bertz CT molecular complexity index is 1120. The van der Waals surface area contributed by atoms with E-state index < -0.39 is 35.2 Å². The van der Waals surface area contributed by atoms with E-state index in [0.29, 0.717) is 31.7 Å². The number of ketones is 1. The Labute approximate surface area is 260 Å². The summed E-state index contributed by atoms with van der Waals surface area (Å²) >= 11 is 3.77. The summed E-state index contributed by atoms with van der Waals surface area (Å²) in [5, 5.41) is 6.18. The molecule has 0 spiro atoms. The lowest BCUT2D eigenvalue weighted by Crippen LogP contribution is -2.61. The van der Waals surface area contributed by atoms with Crippen LogP contribution in [0.25, 0.3) is 0 Å². The van der Waals surface area contributed by atoms with Gasteiger partial charge < -0.3 is 26.1 Å². The Balaban J connectivity index is 0.000000353. The van der Waals surface area contributed by atoms with Gasteiger partial charge in [0.1, 0.15) is 12.3 Å². The minimum Gasteiger partial charge on any atom is -0.363 e. The molecule has 1 saturated heterocycles. The highest BCUT2D eigenvalue weighted by atomic mass is 32.1. The van der Waals surface area contributed by atoms with Crippen molar-refractivity contribution in [3.63, 3.8) is 0 Å². The molecule has 238 valence electrons. The normalized spacial score (nSPS) is 21.0. The minimum atomic E-state index is -0.887. The summed E-state index contributed by atoms with van der Waals surface area (Å²) in [7, 11) is 0. The SMILES string of the molecule is CC(C)(C)C(NC(=O)NC1(Cc2ccccn2)CCCCC1)C(=O)N1CCCC1C=O.NC(=O)C(=O)C(CC1CC1)NS. The first kappa shape index (κ1) is 34.5. The van der Waals surface area contributed by atoms with Crippen molar-refractivity contribution < 1.29 is 24.0 Å². The maximum Gasteiger partial charge on any atom is 0.315 e. The van der Waals surface area contributed by atoms with E-state index in [9.17, 15) is 24.0 Å². The van der Waals surface area contributed by atoms with Crippen LogP contribution in [0, 0.1) is 11.3 Å². The van der Waals surface area contributed by atoms with Crippen molar-refractivity contribution in [3.05, 3.63) is 30.1 Å². The van der Waals surface area contributed by atoms with Crippen LogP contribution in [0.15, 0.2) is 24.4 Å². The van der Waals surface area contributed by atoms with Gasteiger partial charge in [0.25, 0.3) is 5.91 Å². The predicted molar refractivity (Wildman–Crippen MR) is 167 cm³/mol. The number of rotatable bonds is 11. The topological polar surface area (TPSA) is 164 Å². The van der Waals surface area contributed by atoms with Gasteiger partial charge in [-0.15, -0.1) is 0 Å². The lowest BCUT2D eigenvalue weighted by atomic mass is 9.78. The number of hydrogen-bond acceptors (Lipinski definition) is 8. The summed E-state index contributed by atoms with van der Waals surface area (Å²) in [5.41, 5.74) is 4.96. The van der Waals surface area contributed by atoms with E-state index in [1.54, 1.807) is 11.1 Å². The first-order chi connectivity index (χ1) is 20.4.